The van der Waals surface area contributed by atoms with Gasteiger partial charge in [0.25, 0.3) is 5.91 Å². The van der Waals surface area contributed by atoms with Crippen molar-refractivity contribution in [2.24, 2.45) is 0 Å². The number of hydrogen-bond acceptors (Lipinski definition) is 5. The number of β-lactam (4-membered cyclic amide) rings is 1. The minimum absolute atomic E-state index is 0.261. The molecule has 1 aliphatic rings. The number of amides is 2. The number of aliphatic carboxylic acids is 1. The first-order chi connectivity index (χ1) is 11.0. The number of nitrogens with one attached hydrogen (secondary N) is 1. The Kier molecular flexibility index (Phi) is 5.77. The Balaban J connectivity index is 1.88. The van der Waals surface area contributed by atoms with E-state index in [-0.39, 0.29) is 6.61 Å². The van der Waals surface area contributed by atoms with E-state index in [1.807, 2.05) is 28.7 Å². The number of aliphatic hydroxyl groups is 1. The normalized spacial score (nSPS) is 21.3. The van der Waals surface area contributed by atoms with Crippen LogP contribution in [0.15, 0.2) is 30.3 Å². The second kappa shape index (κ2) is 7.59. The number of aliphatic hydroxyl groups excluding tert-OH is 1. The molecule has 0 spiro atoms. The topological polar surface area (TPSA) is 116 Å². The second-order valence-electron chi connectivity index (χ2n) is 4.83. The average Bonchev–Trinajstić information content (AvgIpc) is 2.55. The van der Waals surface area contributed by atoms with Crippen LogP contribution in [0.5, 0.6) is 5.75 Å². The van der Waals surface area contributed by atoms with Crippen molar-refractivity contribution in [2.75, 3.05) is 11.0 Å². The zero-order valence-corrected chi connectivity index (χ0v) is 14.0. The van der Waals surface area contributed by atoms with E-state index >= 15 is 0 Å². The largest absolute Gasteiger partial charge is 0.484 e. The summed E-state index contributed by atoms with van der Waals surface area (Å²) in [6, 6.07) is 7.30. The molecule has 3 atom stereocenters. The number of carboxylic acids is 1. The first-order valence-corrected chi connectivity index (χ1v) is 8.24. The molecule has 1 aromatic rings. The molecule has 3 N–H and O–H groups in total. The second-order valence-corrected chi connectivity index (χ2v) is 5.71. The zero-order valence-electron chi connectivity index (χ0n) is 11.9. The third-order valence-corrected chi connectivity index (χ3v) is 4.24. The van der Waals surface area contributed by atoms with Gasteiger partial charge in [0.2, 0.25) is 12.1 Å². The van der Waals surface area contributed by atoms with Gasteiger partial charge < -0.3 is 20.3 Å². The number of carbonyl (C=O) groups excluding carboxylic acids is 2. The maximum Gasteiger partial charge on any atom is 0.354 e. The summed E-state index contributed by atoms with van der Waals surface area (Å²) in [6.45, 7) is -0.261. The van der Waals surface area contributed by atoms with E-state index in [0.29, 0.717) is 10.2 Å². The van der Waals surface area contributed by atoms with Gasteiger partial charge in [0, 0.05) is 4.43 Å². The number of rotatable bonds is 7. The van der Waals surface area contributed by atoms with Crippen LogP contribution in [0.1, 0.15) is 0 Å². The van der Waals surface area contributed by atoms with Crippen LogP contribution in [0.4, 0.5) is 0 Å². The fraction of sp³-hybridized carbons (Fsp3) is 0.357. The molecule has 2 rings (SSSR count). The SMILES string of the molecule is O=C(COc1ccccc1)N[C@@H]1C(=O)N(C(O)C(=O)O)[C@@H]1CI. The Morgan fingerprint density at radius 3 is 2.57 bits per heavy atom. The summed E-state index contributed by atoms with van der Waals surface area (Å²) >= 11 is 1.96. The number of carbonyl (C=O) groups is 3. The van der Waals surface area contributed by atoms with Crippen LogP contribution in [0, 0.1) is 0 Å². The highest BCUT2D eigenvalue weighted by atomic mass is 127. The number of para-hydroxylation sites is 1. The van der Waals surface area contributed by atoms with Gasteiger partial charge in [0.1, 0.15) is 11.8 Å². The Bertz CT molecular complexity index is 596. The highest BCUT2D eigenvalue weighted by Crippen LogP contribution is 2.24. The van der Waals surface area contributed by atoms with E-state index < -0.39 is 36.1 Å². The van der Waals surface area contributed by atoms with Crippen molar-refractivity contribution in [2.45, 2.75) is 18.3 Å². The quantitative estimate of drug-likeness (QED) is 0.306. The fourth-order valence-electron chi connectivity index (χ4n) is 2.19. The molecule has 0 saturated carbocycles. The molecule has 1 fully saturated rings. The molecule has 1 aliphatic heterocycles. The van der Waals surface area contributed by atoms with Crippen molar-refractivity contribution in [3.8, 4) is 5.75 Å². The van der Waals surface area contributed by atoms with Crippen LogP contribution in [-0.2, 0) is 14.4 Å². The standard InChI is InChI=1S/C14H15IN2O6/c15-6-9-11(12(19)17(9)13(20)14(21)22)16-10(18)7-23-8-4-2-1-3-5-8/h1-5,9,11,13,20H,6-7H2,(H,16,18)(H,21,22)/t9-,11+,13?/m1/s1. The molecule has 124 valence electrons. The molecule has 0 bridgehead atoms. The lowest BCUT2D eigenvalue weighted by Crippen LogP contribution is -2.74. The molecule has 0 radical (unpaired) electrons. The number of benzene rings is 1. The molecule has 9 heteroatoms. The smallest absolute Gasteiger partial charge is 0.354 e. The maximum atomic E-state index is 11.9. The van der Waals surface area contributed by atoms with Crippen LogP contribution >= 0.6 is 22.6 Å². The van der Waals surface area contributed by atoms with Crippen LogP contribution < -0.4 is 10.1 Å². The summed E-state index contributed by atoms with van der Waals surface area (Å²) in [6.07, 6.45) is -1.91. The van der Waals surface area contributed by atoms with Crippen molar-refractivity contribution < 1.29 is 29.3 Å². The Labute approximate surface area is 145 Å². The number of halogens is 1. The van der Waals surface area contributed by atoms with Gasteiger partial charge in [-0.15, -0.1) is 0 Å². The van der Waals surface area contributed by atoms with Crippen molar-refractivity contribution in [3.05, 3.63) is 30.3 Å². The van der Waals surface area contributed by atoms with Gasteiger partial charge >= 0.3 is 5.97 Å². The van der Waals surface area contributed by atoms with Crippen LogP contribution in [-0.4, -0.2) is 62.2 Å². The van der Waals surface area contributed by atoms with Gasteiger partial charge in [0.15, 0.2) is 6.61 Å². The predicted molar refractivity (Wildman–Crippen MR) is 87.0 cm³/mol. The van der Waals surface area contributed by atoms with E-state index in [1.54, 1.807) is 24.3 Å². The van der Waals surface area contributed by atoms with E-state index in [9.17, 15) is 19.5 Å². The van der Waals surface area contributed by atoms with Crippen LogP contribution in [0.3, 0.4) is 0 Å². The Hall–Kier alpha value is -1.88. The maximum absolute atomic E-state index is 11.9. The van der Waals surface area contributed by atoms with E-state index in [4.69, 9.17) is 9.84 Å². The summed E-state index contributed by atoms with van der Waals surface area (Å²) < 4.78 is 5.64. The highest BCUT2D eigenvalue weighted by molar-refractivity contribution is 14.1. The van der Waals surface area contributed by atoms with E-state index in [2.05, 4.69) is 5.32 Å². The number of nitrogens with zero attached hydrogens (tertiary/aromatic N) is 1. The predicted octanol–water partition coefficient (Wildman–Crippen LogP) is -0.401. The van der Waals surface area contributed by atoms with Gasteiger partial charge in [0.05, 0.1) is 6.04 Å². The molecule has 0 aliphatic carbocycles. The van der Waals surface area contributed by atoms with Crippen molar-refractivity contribution in [1.29, 1.82) is 0 Å². The van der Waals surface area contributed by atoms with E-state index in [0.717, 1.165) is 4.90 Å². The molecule has 1 unspecified atom stereocenters. The summed E-state index contributed by atoms with van der Waals surface area (Å²) in [4.78, 5) is 35.4. The van der Waals surface area contributed by atoms with Gasteiger partial charge in [-0.2, -0.15) is 0 Å². The van der Waals surface area contributed by atoms with Gasteiger partial charge in [-0.3, -0.25) is 14.5 Å². The highest BCUT2D eigenvalue weighted by Gasteiger charge is 2.52. The number of ether oxygens (including phenoxy) is 1. The van der Waals surface area contributed by atoms with Crippen LogP contribution in [0.25, 0.3) is 0 Å². The Morgan fingerprint density at radius 2 is 2.00 bits per heavy atom. The first kappa shape index (κ1) is 17.5. The molecule has 1 aromatic carbocycles. The first-order valence-electron chi connectivity index (χ1n) is 6.72. The molecular weight excluding hydrogens is 419 g/mol. The summed E-state index contributed by atoms with van der Waals surface area (Å²) in [7, 11) is 0. The number of carboxylic acid groups (broad SMARTS) is 1. The minimum Gasteiger partial charge on any atom is -0.484 e. The van der Waals surface area contributed by atoms with Crippen molar-refractivity contribution in [1.82, 2.24) is 10.2 Å². The lowest BCUT2D eigenvalue weighted by atomic mass is 9.96. The van der Waals surface area contributed by atoms with Crippen molar-refractivity contribution >= 4 is 40.4 Å². The number of hydrogen-bond donors (Lipinski definition) is 3. The molecule has 2 amide bonds. The molecule has 1 saturated heterocycles. The van der Waals surface area contributed by atoms with Crippen molar-refractivity contribution in [3.63, 3.8) is 0 Å². The van der Waals surface area contributed by atoms with Gasteiger partial charge in [-0.05, 0) is 12.1 Å². The minimum atomic E-state index is -1.91. The van der Waals surface area contributed by atoms with Crippen LogP contribution in [0.2, 0.25) is 0 Å². The van der Waals surface area contributed by atoms with E-state index in [1.165, 1.54) is 0 Å². The summed E-state index contributed by atoms with van der Waals surface area (Å²) in [5.41, 5.74) is 0. The molecule has 23 heavy (non-hydrogen) atoms. The summed E-state index contributed by atoms with van der Waals surface area (Å²) in [5.74, 6) is -2.11. The third-order valence-electron chi connectivity index (χ3n) is 3.33. The molecule has 1 heterocycles. The number of likely N-dealkylation sites (tertiary alicyclic amines) is 1. The average molecular weight is 434 g/mol. The molecular formula is C14H15IN2O6. The van der Waals surface area contributed by atoms with Gasteiger partial charge in [-0.25, -0.2) is 4.79 Å². The third kappa shape index (κ3) is 3.91. The van der Waals surface area contributed by atoms with Gasteiger partial charge in [-0.1, -0.05) is 40.8 Å². The number of alkyl halides is 1. The Morgan fingerprint density at radius 1 is 1.35 bits per heavy atom. The lowest BCUT2D eigenvalue weighted by Gasteiger charge is -2.47. The molecule has 8 nitrogen and oxygen atoms in total. The zero-order chi connectivity index (χ0) is 17.0. The lowest BCUT2D eigenvalue weighted by molar-refractivity contribution is -0.182. The fourth-order valence-corrected chi connectivity index (χ4v) is 3.12. The molecule has 0 aromatic heterocycles. The monoisotopic (exact) mass is 434 g/mol. The summed E-state index contributed by atoms with van der Waals surface area (Å²) in [5, 5.41) is 20.8.